The number of aliphatic carboxylic acids is 2. The van der Waals surface area contributed by atoms with Crippen LogP contribution in [0.3, 0.4) is 0 Å². The third-order valence-corrected chi connectivity index (χ3v) is 6.42. The Bertz CT molecular complexity index is 1110. The summed E-state index contributed by atoms with van der Waals surface area (Å²) in [6.07, 6.45) is -0.980. The molecule has 3 rings (SSSR count). The van der Waals surface area contributed by atoms with E-state index in [9.17, 15) is 34.2 Å². The molecule has 0 bridgehead atoms. The number of carboxylic acid groups (broad SMARTS) is 2. The quantitative estimate of drug-likeness (QED) is 0.364. The molecule has 0 aliphatic carbocycles. The van der Waals surface area contributed by atoms with E-state index in [2.05, 4.69) is 5.32 Å². The number of nitrogens with zero attached hydrogens (tertiary/aromatic N) is 1. The maximum absolute atomic E-state index is 13.6. The van der Waals surface area contributed by atoms with Crippen LogP contribution >= 0.6 is 0 Å². The van der Waals surface area contributed by atoms with Gasteiger partial charge >= 0.3 is 17.9 Å². The Morgan fingerprint density at radius 3 is 2.14 bits per heavy atom. The Kier molecular flexibility index (Phi) is 6.55. The van der Waals surface area contributed by atoms with Crippen molar-refractivity contribution in [3.63, 3.8) is 0 Å². The molecule has 0 radical (unpaired) electrons. The van der Waals surface area contributed by atoms with Crippen LogP contribution < -0.4 is 14.8 Å². The molecule has 2 fully saturated rings. The van der Waals surface area contributed by atoms with Gasteiger partial charge in [0.1, 0.15) is 22.6 Å². The van der Waals surface area contributed by atoms with Gasteiger partial charge in [-0.1, -0.05) is 0 Å². The molecule has 2 heterocycles. The van der Waals surface area contributed by atoms with Crippen molar-refractivity contribution in [2.45, 2.75) is 44.3 Å². The fourth-order valence-electron chi connectivity index (χ4n) is 5.06. The van der Waals surface area contributed by atoms with Gasteiger partial charge in [-0.15, -0.1) is 0 Å². The predicted octanol–water partition coefficient (Wildman–Crippen LogP) is 0.833. The molecule has 2 aliphatic rings. The first kappa shape index (κ1) is 25.9. The van der Waals surface area contributed by atoms with Gasteiger partial charge in [-0.2, -0.15) is 0 Å². The van der Waals surface area contributed by atoms with Crippen molar-refractivity contribution >= 4 is 29.7 Å². The minimum atomic E-state index is -2.32. The summed E-state index contributed by atoms with van der Waals surface area (Å²) in [7, 11) is 3.80. The Balaban J connectivity index is 2.36. The van der Waals surface area contributed by atoms with Crippen molar-refractivity contribution < 1.29 is 48.4 Å². The molecule has 35 heavy (non-hydrogen) atoms. The first-order chi connectivity index (χ1) is 16.2. The lowest BCUT2D eigenvalue weighted by molar-refractivity contribution is -0.157. The summed E-state index contributed by atoms with van der Waals surface area (Å²) in [5, 5.41) is 22.5. The number of likely N-dealkylation sites (tertiary alicyclic amines) is 1. The lowest BCUT2D eigenvalue weighted by Crippen LogP contribution is -2.58. The highest BCUT2D eigenvalue weighted by Crippen LogP contribution is 2.53. The Hall–Kier alpha value is -3.67. The fraction of sp³-hybridized carbons (Fsp3) is 0.522. The molecule has 0 saturated carbocycles. The Labute approximate surface area is 201 Å². The van der Waals surface area contributed by atoms with E-state index in [-0.39, 0.29) is 22.6 Å². The average molecular weight is 492 g/mol. The van der Waals surface area contributed by atoms with Crippen molar-refractivity contribution in [2.24, 2.45) is 11.8 Å². The average Bonchev–Trinajstić information content (AvgIpc) is 3.25. The van der Waals surface area contributed by atoms with Gasteiger partial charge in [-0.05, 0) is 32.4 Å². The first-order valence-corrected chi connectivity index (χ1v) is 10.7. The summed E-state index contributed by atoms with van der Waals surface area (Å²) >= 11 is 0. The van der Waals surface area contributed by atoms with Crippen molar-refractivity contribution in [2.75, 3.05) is 21.3 Å². The highest BCUT2D eigenvalue weighted by molar-refractivity contribution is 6.11. The predicted molar refractivity (Wildman–Crippen MR) is 118 cm³/mol. The van der Waals surface area contributed by atoms with Gasteiger partial charge in [0.15, 0.2) is 0 Å². The number of amides is 2. The molecule has 12 heteroatoms. The van der Waals surface area contributed by atoms with Gasteiger partial charge in [0.2, 0.25) is 11.8 Å². The van der Waals surface area contributed by atoms with Crippen molar-refractivity contribution in [3.8, 4) is 11.5 Å². The molecule has 0 aromatic heterocycles. The molecule has 1 aromatic carbocycles. The van der Waals surface area contributed by atoms with Crippen molar-refractivity contribution in [1.82, 2.24) is 10.2 Å². The van der Waals surface area contributed by atoms with Crippen LogP contribution in [0.1, 0.15) is 49.2 Å². The zero-order valence-corrected chi connectivity index (χ0v) is 20.2. The van der Waals surface area contributed by atoms with Crippen LogP contribution in [0, 0.1) is 11.8 Å². The van der Waals surface area contributed by atoms with E-state index in [1.165, 1.54) is 26.4 Å². The van der Waals surface area contributed by atoms with E-state index in [0.29, 0.717) is 0 Å². The van der Waals surface area contributed by atoms with E-state index in [1.54, 1.807) is 20.8 Å². The van der Waals surface area contributed by atoms with E-state index in [0.717, 1.165) is 12.0 Å². The zero-order valence-electron chi connectivity index (χ0n) is 20.2. The van der Waals surface area contributed by atoms with E-state index >= 15 is 0 Å². The number of imide groups is 1. The second-order valence-electron chi connectivity index (χ2n) is 9.44. The molecule has 12 nitrogen and oxygen atoms in total. The number of carbonyl (C=O) groups is 5. The third kappa shape index (κ3) is 3.97. The number of fused-ring (bicyclic) bond motifs is 1. The van der Waals surface area contributed by atoms with Crippen molar-refractivity contribution in [3.05, 3.63) is 23.3 Å². The topological polar surface area (TPSA) is 169 Å². The number of hydrogen-bond acceptors (Lipinski definition) is 9. The monoisotopic (exact) mass is 492 g/mol. The molecule has 4 atom stereocenters. The number of ether oxygens (including phenoxy) is 3. The fourth-order valence-corrected chi connectivity index (χ4v) is 5.06. The van der Waals surface area contributed by atoms with E-state index in [4.69, 9.17) is 14.2 Å². The summed E-state index contributed by atoms with van der Waals surface area (Å²) in [6.45, 7) is 4.83. The number of hydrogen-bond donors (Lipinski definition) is 3. The molecule has 2 amide bonds. The van der Waals surface area contributed by atoms with Crippen LogP contribution in [0.2, 0.25) is 0 Å². The summed E-state index contributed by atoms with van der Waals surface area (Å²) in [4.78, 5) is 65.2. The summed E-state index contributed by atoms with van der Waals surface area (Å²) < 4.78 is 15.5. The maximum atomic E-state index is 13.6. The lowest BCUT2D eigenvalue weighted by atomic mass is 9.77. The van der Waals surface area contributed by atoms with E-state index < -0.39 is 65.1 Å². The second kappa shape index (κ2) is 8.84. The highest BCUT2D eigenvalue weighted by Gasteiger charge is 2.70. The summed E-state index contributed by atoms with van der Waals surface area (Å²) in [5.41, 5.74) is -3.36. The molecular weight excluding hydrogens is 464 g/mol. The van der Waals surface area contributed by atoms with Gasteiger partial charge in [0.05, 0.1) is 39.6 Å². The van der Waals surface area contributed by atoms with Crippen LogP contribution in [-0.2, 0) is 23.9 Å². The maximum Gasteiger partial charge on any atom is 0.341 e. The van der Waals surface area contributed by atoms with Gasteiger partial charge < -0.3 is 24.4 Å². The van der Waals surface area contributed by atoms with Crippen LogP contribution in [0.5, 0.6) is 11.5 Å². The van der Waals surface area contributed by atoms with Crippen LogP contribution in [0.4, 0.5) is 0 Å². The van der Waals surface area contributed by atoms with Gasteiger partial charge in [0.25, 0.3) is 0 Å². The van der Waals surface area contributed by atoms with Crippen molar-refractivity contribution in [1.29, 1.82) is 0 Å². The second-order valence-corrected chi connectivity index (χ2v) is 9.44. The molecule has 3 N–H and O–H groups in total. The van der Waals surface area contributed by atoms with Crippen LogP contribution in [0.15, 0.2) is 12.1 Å². The number of nitrogens with one attached hydrogen (secondary N) is 1. The highest BCUT2D eigenvalue weighted by atomic mass is 16.5. The Morgan fingerprint density at radius 2 is 1.69 bits per heavy atom. The molecule has 4 unspecified atom stereocenters. The zero-order chi connectivity index (χ0) is 26.5. The van der Waals surface area contributed by atoms with Crippen LogP contribution in [0.25, 0.3) is 0 Å². The molecule has 190 valence electrons. The third-order valence-electron chi connectivity index (χ3n) is 6.42. The Morgan fingerprint density at radius 1 is 1.06 bits per heavy atom. The number of rotatable bonds is 7. The minimum absolute atomic E-state index is 0.0278. The first-order valence-electron chi connectivity index (χ1n) is 10.7. The van der Waals surface area contributed by atoms with Gasteiger partial charge in [-0.3, -0.25) is 29.4 Å². The molecule has 2 aliphatic heterocycles. The largest absolute Gasteiger partial charge is 0.497 e. The molecular formula is C23H28N2O10. The number of benzene rings is 1. The number of carbonyl (C=O) groups excluding carboxylic acids is 3. The number of methoxy groups -OCH3 is 3. The normalized spacial score (nSPS) is 25.9. The number of carboxylic acids is 2. The van der Waals surface area contributed by atoms with E-state index in [1.807, 2.05) is 0 Å². The van der Waals surface area contributed by atoms with Crippen LogP contribution in [-0.4, -0.2) is 77.2 Å². The summed E-state index contributed by atoms with van der Waals surface area (Å²) in [6, 6.07) is 1.56. The smallest absolute Gasteiger partial charge is 0.341 e. The minimum Gasteiger partial charge on any atom is -0.497 e. The number of esters is 1. The summed E-state index contributed by atoms with van der Waals surface area (Å²) in [5.74, 6) is -8.04. The van der Waals surface area contributed by atoms with Gasteiger partial charge in [-0.25, -0.2) is 4.79 Å². The molecule has 2 saturated heterocycles. The SMILES string of the molecule is COC(=O)c1c(OC)cc(OC)cc1C1NC(CC(=O)O)(C(=O)O)C2C(=O)N(C(C)(C)C)C(=O)C12. The van der Waals surface area contributed by atoms with Gasteiger partial charge in [0, 0.05) is 17.6 Å². The standard InChI is InChI=1S/C23H28N2O10/c1-22(2,3)25-18(28)15-16(19(25)29)23(21(31)32,9-13(26)27)24-17(15)11-7-10(33-4)8-12(34-5)14(11)20(30)35-6/h7-8,15-17,24H,9H2,1-6H3,(H,26,27)(H,31,32). The molecule has 0 spiro atoms. The lowest BCUT2D eigenvalue weighted by Gasteiger charge is -2.35. The molecule has 1 aromatic rings.